The Hall–Kier alpha value is -4.59. The Bertz CT molecular complexity index is 2180. The summed E-state index contributed by atoms with van der Waals surface area (Å²) in [6.07, 6.45) is 3.82. The molecule has 0 amide bonds. The van der Waals surface area contributed by atoms with Crippen LogP contribution in [0, 0.1) is 14.9 Å². The fourth-order valence-electron chi connectivity index (χ4n) is 8.20. The molecule has 0 nitrogen and oxygen atoms in total. The number of hydrogen-bond donors (Lipinski definition) is 0. The summed E-state index contributed by atoms with van der Waals surface area (Å²) in [6.45, 7) is 4.51. The Labute approximate surface area is 330 Å². The van der Waals surface area contributed by atoms with E-state index in [9.17, 15) is 0 Å². The van der Waals surface area contributed by atoms with Crippen molar-refractivity contribution in [2.75, 3.05) is 0 Å². The Balaban J connectivity index is 0.00000174. The predicted octanol–water partition coefficient (Wildman–Crippen LogP) is 13.6. The van der Waals surface area contributed by atoms with Crippen molar-refractivity contribution in [1.82, 2.24) is 0 Å². The van der Waals surface area contributed by atoms with E-state index in [0.717, 1.165) is 25.7 Å². The smallest absolute Gasteiger partial charge is 0.358 e. The summed E-state index contributed by atoms with van der Waals surface area (Å²) in [7, 11) is 0. The zero-order valence-corrected chi connectivity index (χ0v) is 34.6. The zero-order chi connectivity index (χ0) is 33.2. The molecule has 8 rings (SSSR count). The van der Waals surface area contributed by atoms with Crippen LogP contribution in [-0.2, 0) is 56.9 Å². The molecular formula is C51H48Hf. The van der Waals surface area contributed by atoms with Gasteiger partial charge < -0.3 is 14.9 Å². The normalized spacial score (nSPS) is 11.1. The first-order valence-electron chi connectivity index (χ1n) is 17.8. The Morgan fingerprint density at radius 2 is 0.788 bits per heavy atom. The van der Waals surface area contributed by atoms with Crippen molar-refractivity contribution >= 4 is 21.5 Å². The molecule has 0 spiro atoms. The van der Waals surface area contributed by atoms with Crippen LogP contribution in [-0.4, -0.2) is 0 Å². The average molecular weight is 839 g/mol. The van der Waals surface area contributed by atoms with Gasteiger partial charge in [0.25, 0.3) is 0 Å². The molecule has 0 bridgehead atoms. The molecule has 0 saturated carbocycles. The number of aryl methyl sites for hydroxylation is 2. The van der Waals surface area contributed by atoms with Crippen LogP contribution in [0.15, 0.2) is 170 Å². The second kappa shape index (κ2) is 16.8. The van der Waals surface area contributed by atoms with E-state index in [-0.39, 0.29) is 46.1 Å². The van der Waals surface area contributed by atoms with E-state index < -0.39 is 0 Å². The Kier molecular flexibility index (Phi) is 12.5. The van der Waals surface area contributed by atoms with E-state index in [1.54, 1.807) is 0 Å². The molecule has 0 unspecified atom stereocenters. The third-order valence-electron chi connectivity index (χ3n) is 10.7. The first-order chi connectivity index (χ1) is 24.2. The van der Waals surface area contributed by atoms with Gasteiger partial charge in [0.2, 0.25) is 0 Å². The molecule has 1 heteroatoms. The van der Waals surface area contributed by atoms with Crippen molar-refractivity contribution in [1.29, 1.82) is 0 Å². The van der Waals surface area contributed by atoms with Crippen molar-refractivity contribution in [3.8, 4) is 22.3 Å². The molecule has 0 N–H and O–H groups in total. The number of hydrogen-bond acceptors (Lipinski definition) is 0. The summed E-state index contributed by atoms with van der Waals surface area (Å²) in [4.78, 5) is 0. The molecule has 0 aliphatic rings. The minimum Gasteiger partial charge on any atom is -0.358 e. The molecule has 0 heterocycles. The molecule has 256 valence electrons. The van der Waals surface area contributed by atoms with Gasteiger partial charge in [-0.05, 0) is 64.5 Å². The first kappa shape index (κ1) is 38.6. The van der Waals surface area contributed by atoms with Crippen LogP contribution >= 0.6 is 0 Å². The molecular weight excluding hydrogens is 791 g/mol. The number of fused-ring (bicyclic) bond motifs is 2. The molecule has 8 aromatic rings. The molecule has 0 aromatic heterocycles. The first-order valence-corrected chi connectivity index (χ1v) is 17.8. The molecule has 0 aliphatic carbocycles. The summed E-state index contributed by atoms with van der Waals surface area (Å²) in [5, 5.41) is 5.27. The Morgan fingerprint density at radius 1 is 0.423 bits per heavy atom. The van der Waals surface area contributed by atoms with E-state index in [0.29, 0.717) is 0 Å². The molecule has 0 atom stereocenters. The van der Waals surface area contributed by atoms with Crippen LogP contribution in [0.3, 0.4) is 0 Å². The van der Waals surface area contributed by atoms with Gasteiger partial charge in [-0.15, -0.1) is 69.1 Å². The van der Waals surface area contributed by atoms with Gasteiger partial charge in [0, 0.05) is 0 Å². The molecule has 0 fully saturated rings. The summed E-state index contributed by atoms with van der Waals surface area (Å²) >= 11 is 0. The second-order valence-corrected chi connectivity index (χ2v) is 13.5. The number of benzene rings is 6. The second-order valence-electron chi connectivity index (χ2n) is 13.5. The fourth-order valence-corrected chi connectivity index (χ4v) is 8.20. The number of rotatable bonds is 10. The summed E-state index contributed by atoms with van der Waals surface area (Å²) in [5.74, 6) is 0. The topological polar surface area (TPSA) is 0 Å². The van der Waals surface area contributed by atoms with Crippen molar-refractivity contribution in [3.05, 3.63) is 218 Å². The van der Waals surface area contributed by atoms with Gasteiger partial charge in [-0.25, -0.2) is 0 Å². The summed E-state index contributed by atoms with van der Waals surface area (Å²) in [6, 6.07) is 63.7. The van der Waals surface area contributed by atoms with Gasteiger partial charge in [-0.3, -0.25) is 0 Å². The predicted molar refractivity (Wildman–Crippen MR) is 223 cm³/mol. The van der Waals surface area contributed by atoms with E-state index in [1.165, 1.54) is 77.2 Å². The van der Waals surface area contributed by atoms with E-state index in [1.807, 2.05) is 0 Å². The zero-order valence-electron chi connectivity index (χ0n) is 31.0. The van der Waals surface area contributed by atoms with Crippen LogP contribution in [0.1, 0.15) is 47.2 Å². The van der Waals surface area contributed by atoms with Crippen LogP contribution in [0.25, 0.3) is 43.8 Å². The van der Waals surface area contributed by atoms with Gasteiger partial charge in [0.05, 0.1) is 0 Å². The largest absolute Gasteiger partial charge is 4.00 e. The van der Waals surface area contributed by atoms with E-state index >= 15 is 0 Å². The van der Waals surface area contributed by atoms with Crippen LogP contribution in [0.5, 0.6) is 0 Å². The third kappa shape index (κ3) is 7.22. The third-order valence-corrected chi connectivity index (χ3v) is 10.7. The quantitative estimate of drug-likeness (QED) is 0.0951. The maximum atomic E-state index is 2.52. The minimum atomic E-state index is -0.302. The maximum Gasteiger partial charge on any atom is 4.00 e. The molecule has 0 aliphatic heterocycles. The van der Waals surface area contributed by atoms with Crippen molar-refractivity contribution in [2.24, 2.45) is 0 Å². The Morgan fingerprint density at radius 3 is 1.19 bits per heavy atom. The average Bonchev–Trinajstić information content (AvgIpc) is 3.81. The standard InChI is InChI=1S/C49H42.2CH3.Hf/c1-3-37-21-11-13-25-43(37)45-27-15-23-39-29-41(31-47(39)45)49(33-35-17-7-5-8-18-35,34-36-19-9-6-10-20-36)42-30-40-24-16-28-46(48(40)32-42)44-26-14-12-22-38(44)4-2;;;/h5-32H,3-4,33-34H2,1-2H3;2*1H3;/q-2;2*-1;+4. The fraction of sp³-hybridized carbons (Fsp3) is 0.137. The van der Waals surface area contributed by atoms with Crippen molar-refractivity contribution in [2.45, 2.75) is 44.9 Å². The van der Waals surface area contributed by atoms with Crippen LogP contribution in [0.2, 0.25) is 0 Å². The van der Waals surface area contributed by atoms with Gasteiger partial charge in [-0.1, -0.05) is 146 Å². The van der Waals surface area contributed by atoms with Gasteiger partial charge >= 0.3 is 25.8 Å². The maximum absolute atomic E-state index is 2.52. The van der Waals surface area contributed by atoms with E-state index in [4.69, 9.17) is 0 Å². The van der Waals surface area contributed by atoms with Crippen LogP contribution in [0.4, 0.5) is 0 Å². The van der Waals surface area contributed by atoms with Crippen LogP contribution < -0.4 is 0 Å². The molecule has 0 radical (unpaired) electrons. The molecule has 8 aromatic carbocycles. The van der Waals surface area contributed by atoms with E-state index in [2.05, 4.69) is 184 Å². The van der Waals surface area contributed by atoms with Gasteiger partial charge in [0.15, 0.2) is 0 Å². The van der Waals surface area contributed by atoms with Gasteiger partial charge in [-0.2, -0.15) is 12.1 Å². The molecule has 0 saturated heterocycles. The molecule has 52 heavy (non-hydrogen) atoms. The van der Waals surface area contributed by atoms with Crippen molar-refractivity contribution in [3.63, 3.8) is 0 Å². The SMILES string of the molecule is CCc1ccccc1-c1cccc2[cH-]c(C(Cc3ccccc3)(Cc3ccccc3)c3cc4c(-c5ccccc5CC)cccc4[cH-]3)cc12.[CH3-].[CH3-].[Hf+4]. The van der Waals surface area contributed by atoms with Crippen molar-refractivity contribution < 1.29 is 25.8 Å². The monoisotopic (exact) mass is 840 g/mol. The summed E-state index contributed by atoms with van der Waals surface area (Å²) in [5.41, 5.74) is 13.2. The summed E-state index contributed by atoms with van der Waals surface area (Å²) < 4.78 is 0. The minimum absolute atomic E-state index is 0. The van der Waals surface area contributed by atoms with Gasteiger partial charge in [0.1, 0.15) is 0 Å².